The summed E-state index contributed by atoms with van der Waals surface area (Å²) >= 11 is 37.1. The first kappa shape index (κ1) is 39.3. The molecule has 0 saturated heterocycles. The minimum Gasteiger partial charge on any atom is -0.410 e. The van der Waals surface area contributed by atoms with Gasteiger partial charge in [-0.1, -0.05) is 0 Å². The van der Waals surface area contributed by atoms with Crippen molar-refractivity contribution < 1.29 is 33.0 Å². The maximum atomic E-state index is 4.64. The summed E-state index contributed by atoms with van der Waals surface area (Å²) < 4.78 is 0.866. The van der Waals surface area contributed by atoms with Crippen molar-refractivity contribution in [2.75, 3.05) is 0 Å². The zero-order valence-corrected chi connectivity index (χ0v) is 25.6. The first-order chi connectivity index (χ1) is 13.8. The number of hydrogen-bond acceptors (Lipinski definition) is 12. The fraction of sp³-hybridized carbons (Fsp3) is 0.429. The molecule has 0 aromatic carbocycles. The van der Waals surface area contributed by atoms with E-state index in [4.69, 9.17) is 0 Å². The number of hydrogen-bond donors (Lipinski definition) is 4. The van der Waals surface area contributed by atoms with Crippen LogP contribution in [0.2, 0.25) is 0 Å². The summed E-state index contributed by atoms with van der Waals surface area (Å²) in [6.45, 7) is 7.36. The maximum Gasteiger partial charge on any atom is 2.00 e. The van der Waals surface area contributed by atoms with Crippen molar-refractivity contribution in [3.63, 3.8) is 0 Å². The summed E-state index contributed by atoms with van der Waals surface area (Å²) in [6, 6.07) is 0. The van der Waals surface area contributed by atoms with Crippen LogP contribution in [0.15, 0.2) is 20.4 Å². The van der Waals surface area contributed by atoms with Crippen molar-refractivity contribution in [3.05, 3.63) is 0 Å². The van der Waals surface area contributed by atoms with Crippen LogP contribution in [-0.2, 0) is 83.5 Å². The van der Waals surface area contributed by atoms with Crippen molar-refractivity contribution in [3.8, 4) is 0 Å². The van der Waals surface area contributed by atoms with Gasteiger partial charge in [0, 0.05) is 35.7 Å². The third-order valence-corrected chi connectivity index (χ3v) is 3.11. The van der Waals surface area contributed by atoms with Gasteiger partial charge in [0.1, 0.15) is 0 Å². The van der Waals surface area contributed by atoms with Crippen LogP contribution in [0.4, 0.5) is 0 Å². The number of hydrazone groups is 4. The summed E-state index contributed by atoms with van der Waals surface area (Å²) in [7, 11) is 0. The van der Waals surface area contributed by atoms with Crippen LogP contribution in [0.1, 0.15) is 40.5 Å². The SMILES string of the molecule is C/C(C/C(C)=N/NC(=S)[S-])=N/NC(=S)[S-].C/C(C/C(C)=N/NC(=S)[S-])=N/NC(=S)[S-].[Ni+2].[Ni+2]. The predicted molar refractivity (Wildman–Crippen MR) is 154 cm³/mol. The topological polar surface area (TPSA) is 97.6 Å². The number of rotatable bonds is 8. The Balaban J connectivity index is -0.000000231. The Morgan fingerprint density at radius 1 is 0.500 bits per heavy atom. The first-order valence-electron chi connectivity index (χ1n) is 7.84. The van der Waals surface area contributed by atoms with Crippen molar-refractivity contribution in [1.29, 1.82) is 0 Å². The van der Waals surface area contributed by atoms with Gasteiger partial charge in [-0.05, 0) is 45.0 Å². The smallest absolute Gasteiger partial charge is 0.410 e. The normalized spacial score (nSPS) is 11.4. The zero-order valence-electron chi connectivity index (χ0n) is 17.1. The third kappa shape index (κ3) is 32.3. The van der Waals surface area contributed by atoms with Crippen LogP contribution in [0.3, 0.4) is 0 Å². The molecule has 0 heterocycles. The van der Waals surface area contributed by atoms with E-state index in [1.807, 2.05) is 27.7 Å². The largest absolute Gasteiger partial charge is 2.00 e. The van der Waals surface area contributed by atoms with E-state index in [2.05, 4.69) is 141 Å². The molecular weight excluding hydrogens is 654 g/mol. The average molecular weight is 674 g/mol. The van der Waals surface area contributed by atoms with E-state index < -0.39 is 0 Å². The Kier molecular flexibility index (Phi) is 29.8. The molecule has 0 atom stereocenters. The molecule has 0 aliphatic carbocycles. The summed E-state index contributed by atoms with van der Waals surface area (Å²) in [5.41, 5.74) is 13.4. The molecule has 18 heteroatoms. The Labute approximate surface area is 252 Å². The molecule has 0 aliphatic heterocycles. The summed E-state index contributed by atoms with van der Waals surface area (Å²) in [4.78, 5) is 0. The molecule has 8 nitrogen and oxygen atoms in total. The van der Waals surface area contributed by atoms with Crippen LogP contribution < -0.4 is 21.7 Å². The Hall–Kier alpha value is 0.107. The van der Waals surface area contributed by atoms with Crippen molar-refractivity contribution >= 4 is 140 Å². The van der Waals surface area contributed by atoms with Gasteiger partial charge in [-0.25, -0.2) is 0 Å². The van der Waals surface area contributed by atoms with Crippen LogP contribution in [0.5, 0.6) is 0 Å². The number of nitrogens with one attached hydrogen (secondary N) is 4. The monoisotopic (exact) mass is 672 g/mol. The van der Waals surface area contributed by atoms with Gasteiger partial charge < -0.3 is 99.4 Å². The minimum absolute atomic E-state index is 0. The molecule has 4 N–H and O–H groups in total. The molecule has 184 valence electrons. The van der Waals surface area contributed by atoms with Gasteiger partial charge in [0.05, 0.1) is 0 Å². The van der Waals surface area contributed by atoms with Gasteiger partial charge in [-0.2, -0.15) is 20.4 Å². The Morgan fingerprint density at radius 2 is 0.656 bits per heavy atom. The van der Waals surface area contributed by atoms with E-state index in [1.54, 1.807) is 0 Å². The van der Waals surface area contributed by atoms with Gasteiger partial charge >= 0.3 is 33.0 Å². The average Bonchev–Trinajstić information content (AvgIpc) is 2.62. The number of thiocarbonyl (C=S) groups is 4. The standard InChI is InChI=1S/2C7H12N4S4.2Ni/c2*1-4(8-10-6(12)13)3-5(2)9-11-7(14)15;;/h2*3H2,1-2H3,(H2,10,12,13)(H2,11,14,15);;/q;;2*+2/p-4/b2*8-4-,9-5+;;. The fourth-order valence-corrected chi connectivity index (χ4v) is 1.83. The molecule has 0 aliphatic rings. The van der Waals surface area contributed by atoms with E-state index in [0.717, 1.165) is 22.8 Å². The molecule has 0 rings (SSSR count). The second-order valence-corrected chi connectivity index (χ2v) is 9.64. The maximum absolute atomic E-state index is 4.64. The third-order valence-electron chi connectivity index (χ3n) is 2.38. The van der Waals surface area contributed by atoms with Gasteiger partial charge in [-0.15, -0.1) is 0 Å². The summed E-state index contributed by atoms with van der Waals surface area (Å²) in [6.07, 6.45) is 1.19. The fourth-order valence-electron chi connectivity index (χ4n) is 1.46. The van der Waals surface area contributed by atoms with E-state index in [0.29, 0.717) is 12.8 Å². The molecule has 0 unspecified atom stereocenters. The van der Waals surface area contributed by atoms with Crippen LogP contribution in [-0.4, -0.2) is 40.1 Å². The van der Waals surface area contributed by atoms with E-state index in [9.17, 15) is 0 Å². The van der Waals surface area contributed by atoms with Crippen molar-refractivity contribution in [2.24, 2.45) is 20.4 Å². The second-order valence-electron chi connectivity index (χ2n) is 5.34. The molecule has 0 radical (unpaired) electrons. The van der Waals surface area contributed by atoms with Crippen LogP contribution in [0.25, 0.3) is 0 Å². The van der Waals surface area contributed by atoms with E-state index in [1.165, 1.54) is 0 Å². The molecule has 0 aromatic rings. The predicted octanol–water partition coefficient (Wildman–Crippen LogP) is 1.94. The van der Waals surface area contributed by atoms with Gasteiger partial charge in [0.2, 0.25) is 0 Å². The van der Waals surface area contributed by atoms with E-state index in [-0.39, 0.29) is 50.3 Å². The van der Waals surface area contributed by atoms with Gasteiger partial charge in [-0.3, -0.25) is 21.7 Å². The van der Waals surface area contributed by atoms with Gasteiger partial charge in [0.25, 0.3) is 0 Å². The molecule has 0 aromatic heterocycles. The molecule has 32 heavy (non-hydrogen) atoms. The second kappa shape index (κ2) is 24.2. The molecule has 0 amide bonds. The molecule has 0 saturated carbocycles. The Bertz CT molecular complexity index is 633. The summed E-state index contributed by atoms with van der Waals surface area (Å²) in [5.74, 6) is 0. The summed E-state index contributed by atoms with van der Waals surface area (Å²) in [5, 5.41) is 15.8. The first-order valence-corrected chi connectivity index (χ1v) is 11.1. The van der Waals surface area contributed by atoms with Crippen LogP contribution >= 0.6 is 48.9 Å². The number of nitrogens with zero attached hydrogens (tertiary/aromatic N) is 4. The van der Waals surface area contributed by atoms with Gasteiger partial charge in [0.15, 0.2) is 0 Å². The quantitative estimate of drug-likeness (QED) is 0.0998. The molecular formula is C14H20N8Ni2S8. The molecule has 0 spiro atoms. The van der Waals surface area contributed by atoms with Crippen molar-refractivity contribution in [1.82, 2.24) is 21.7 Å². The minimum atomic E-state index is 0. The van der Waals surface area contributed by atoms with Crippen LogP contribution in [0, 0.1) is 0 Å². The molecule has 0 fully saturated rings. The van der Waals surface area contributed by atoms with E-state index >= 15 is 0 Å². The Morgan fingerprint density at radius 3 is 0.781 bits per heavy atom. The zero-order chi connectivity index (χ0) is 23.7. The molecule has 0 bridgehead atoms. The van der Waals surface area contributed by atoms with Crippen molar-refractivity contribution in [2.45, 2.75) is 40.5 Å².